The molecule has 0 aromatic heterocycles. The molecular weight excluding hydrogens is 488 g/mol. The maximum absolute atomic E-state index is 12.7. The Bertz CT molecular complexity index is 846. The SMILES string of the molecule is CCC(C)(C)C(=O)N(C(C)C)C(C)C.CCC(C)(C)C(=O)Oc1cc(C(F)(F)F)cc(C(F)(F)F)c1. The number of halogens is 6. The number of rotatable bonds is 7. The third kappa shape index (κ3) is 9.65. The standard InChI is InChI=1S/C14H14F6O2.C12H25NO/c1-4-12(2,3)11(21)22-10-6-8(13(15,16)17)5-9(7-10)14(18,19)20;1-8-12(6,7)11(14)13(9(2)3)10(4)5/h5-7H,4H2,1-3H3;9-10H,8H2,1-7H3. The van der Waals surface area contributed by atoms with Gasteiger partial charge in [-0.25, -0.2) is 0 Å². The van der Waals surface area contributed by atoms with Crippen molar-refractivity contribution >= 4 is 11.9 Å². The highest BCUT2D eigenvalue weighted by Gasteiger charge is 2.38. The number of carbonyl (C=O) groups excluding carboxylic acids is 2. The molecule has 0 aliphatic rings. The summed E-state index contributed by atoms with van der Waals surface area (Å²) in [5.74, 6) is -1.42. The van der Waals surface area contributed by atoms with Crippen LogP contribution in [0.5, 0.6) is 5.75 Å². The molecule has 0 fully saturated rings. The van der Waals surface area contributed by atoms with Crippen LogP contribution in [0.1, 0.15) is 93.2 Å². The summed E-state index contributed by atoms with van der Waals surface area (Å²) < 4.78 is 80.7. The first-order chi connectivity index (χ1) is 16.0. The fourth-order valence-corrected chi connectivity index (χ4v) is 2.94. The van der Waals surface area contributed by atoms with Gasteiger partial charge in [0.2, 0.25) is 5.91 Å². The van der Waals surface area contributed by atoms with E-state index < -0.39 is 40.6 Å². The van der Waals surface area contributed by atoms with Gasteiger partial charge in [-0.05, 0) is 72.6 Å². The Labute approximate surface area is 210 Å². The summed E-state index contributed by atoms with van der Waals surface area (Å²) in [6.45, 7) is 19.0. The molecule has 0 saturated heterocycles. The van der Waals surface area contributed by atoms with E-state index in [1.165, 1.54) is 13.8 Å². The summed E-state index contributed by atoms with van der Waals surface area (Å²) in [4.78, 5) is 26.0. The molecule has 0 bridgehead atoms. The molecular formula is C26H39F6NO3. The lowest BCUT2D eigenvalue weighted by Crippen LogP contribution is -2.48. The molecule has 1 aromatic carbocycles. The topological polar surface area (TPSA) is 46.6 Å². The summed E-state index contributed by atoms with van der Waals surface area (Å²) in [7, 11) is 0. The first-order valence-corrected chi connectivity index (χ1v) is 11.9. The lowest BCUT2D eigenvalue weighted by atomic mass is 9.87. The lowest BCUT2D eigenvalue weighted by molar-refractivity contribution is -0.147. The van der Waals surface area contributed by atoms with Gasteiger partial charge in [0.25, 0.3) is 0 Å². The molecule has 4 nitrogen and oxygen atoms in total. The number of hydrogen-bond donors (Lipinski definition) is 0. The van der Waals surface area contributed by atoms with Crippen LogP contribution in [0.25, 0.3) is 0 Å². The number of benzene rings is 1. The van der Waals surface area contributed by atoms with Gasteiger partial charge in [0.1, 0.15) is 5.75 Å². The second kappa shape index (κ2) is 12.3. The average Bonchev–Trinajstić information content (AvgIpc) is 2.72. The molecule has 0 radical (unpaired) electrons. The van der Waals surface area contributed by atoms with E-state index in [-0.39, 0.29) is 29.5 Å². The van der Waals surface area contributed by atoms with Crippen molar-refractivity contribution < 1.29 is 40.7 Å². The van der Waals surface area contributed by atoms with E-state index in [1.807, 2.05) is 18.7 Å². The number of alkyl halides is 6. The van der Waals surface area contributed by atoms with Crippen molar-refractivity contribution in [1.29, 1.82) is 0 Å². The third-order valence-corrected chi connectivity index (χ3v) is 6.02. The molecule has 0 N–H and O–H groups in total. The fourth-order valence-electron chi connectivity index (χ4n) is 2.94. The second-order valence-corrected chi connectivity index (χ2v) is 10.5. The lowest BCUT2D eigenvalue weighted by Gasteiger charge is -2.37. The van der Waals surface area contributed by atoms with E-state index in [4.69, 9.17) is 4.74 Å². The zero-order valence-corrected chi connectivity index (χ0v) is 22.7. The van der Waals surface area contributed by atoms with Crippen LogP contribution in [0.4, 0.5) is 26.3 Å². The molecule has 0 saturated carbocycles. The molecule has 1 aromatic rings. The smallest absolute Gasteiger partial charge is 0.416 e. The molecule has 0 spiro atoms. The van der Waals surface area contributed by atoms with Crippen LogP contribution in [0, 0.1) is 10.8 Å². The van der Waals surface area contributed by atoms with E-state index in [2.05, 4.69) is 34.6 Å². The summed E-state index contributed by atoms with van der Waals surface area (Å²) in [5.41, 5.74) is -4.31. The highest BCUT2D eigenvalue weighted by Crippen LogP contribution is 2.38. The van der Waals surface area contributed by atoms with Gasteiger partial charge in [0.05, 0.1) is 16.5 Å². The van der Waals surface area contributed by atoms with Gasteiger partial charge in [-0.3, -0.25) is 9.59 Å². The van der Waals surface area contributed by atoms with Gasteiger partial charge < -0.3 is 9.64 Å². The van der Waals surface area contributed by atoms with Crippen LogP contribution in [0.3, 0.4) is 0 Å². The van der Waals surface area contributed by atoms with Crippen LogP contribution in [0.15, 0.2) is 18.2 Å². The van der Waals surface area contributed by atoms with Crippen molar-refractivity contribution in [2.45, 2.75) is 107 Å². The van der Waals surface area contributed by atoms with Crippen molar-refractivity contribution in [3.8, 4) is 5.75 Å². The molecule has 208 valence electrons. The number of carbonyl (C=O) groups is 2. The Morgan fingerprint density at radius 3 is 1.39 bits per heavy atom. The van der Waals surface area contributed by atoms with Gasteiger partial charge in [-0.1, -0.05) is 27.7 Å². The summed E-state index contributed by atoms with van der Waals surface area (Å²) in [6.07, 6.45) is -8.76. The molecule has 36 heavy (non-hydrogen) atoms. The van der Waals surface area contributed by atoms with Gasteiger partial charge in [0, 0.05) is 17.5 Å². The van der Waals surface area contributed by atoms with E-state index >= 15 is 0 Å². The van der Waals surface area contributed by atoms with Crippen LogP contribution < -0.4 is 4.74 Å². The van der Waals surface area contributed by atoms with E-state index in [0.717, 1.165) is 6.42 Å². The zero-order chi connectivity index (χ0) is 28.9. The largest absolute Gasteiger partial charge is 0.426 e. The van der Waals surface area contributed by atoms with Crippen LogP contribution in [-0.4, -0.2) is 28.9 Å². The number of amides is 1. The number of esters is 1. The third-order valence-electron chi connectivity index (χ3n) is 6.02. The molecule has 1 rings (SSSR count). The van der Waals surface area contributed by atoms with Gasteiger partial charge in [0.15, 0.2) is 0 Å². The Hall–Kier alpha value is -2.26. The minimum atomic E-state index is -4.98. The van der Waals surface area contributed by atoms with E-state index in [9.17, 15) is 35.9 Å². The Morgan fingerprint density at radius 2 is 1.11 bits per heavy atom. The van der Waals surface area contributed by atoms with Crippen LogP contribution >= 0.6 is 0 Å². The first-order valence-electron chi connectivity index (χ1n) is 11.9. The number of ether oxygens (including phenoxy) is 1. The maximum Gasteiger partial charge on any atom is 0.416 e. The summed E-state index contributed by atoms with van der Waals surface area (Å²) in [5, 5.41) is 0. The first kappa shape index (κ1) is 33.7. The number of nitrogens with zero attached hydrogens (tertiary/aromatic N) is 1. The second-order valence-electron chi connectivity index (χ2n) is 10.5. The Kier molecular flexibility index (Phi) is 11.5. The molecule has 10 heteroatoms. The minimum absolute atomic E-state index is 0.0255. The zero-order valence-electron chi connectivity index (χ0n) is 22.7. The van der Waals surface area contributed by atoms with E-state index in [1.54, 1.807) is 6.92 Å². The predicted octanol–water partition coefficient (Wildman–Crippen LogP) is 8.13. The minimum Gasteiger partial charge on any atom is -0.426 e. The van der Waals surface area contributed by atoms with Crippen molar-refractivity contribution in [3.05, 3.63) is 29.3 Å². The number of hydrogen-bond acceptors (Lipinski definition) is 3. The highest BCUT2D eigenvalue weighted by atomic mass is 19.4. The average molecular weight is 528 g/mol. The highest BCUT2D eigenvalue weighted by molar-refractivity contribution is 5.82. The van der Waals surface area contributed by atoms with Gasteiger partial charge in [-0.2, -0.15) is 26.3 Å². The Morgan fingerprint density at radius 1 is 0.750 bits per heavy atom. The van der Waals surface area contributed by atoms with Gasteiger partial charge in [-0.15, -0.1) is 0 Å². The normalized spacial score (nSPS) is 12.8. The summed E-state index contributed by atoms with van der Waals surface area (Å²) >= 11 is 0. The Balaban J connectivity index is 0.000000757. The van der Waals surface area contributed by atoms with Crippen molar-refractivity contribution in [3.63, 3.8) is 0 Å². The molecule has 0 atom stereocenters. The predicted molar refractivity (Wildman–Crippen MR) is 127 cm³/mol. The summed E-state index contributed by atoms with van der Waals surface area (Å²) in [6, 6.07) is 1.29. The monoisotopic (exact) mass is 527 g/mol. The molecule has 0 aliphatic carbocycles. The van der Waals surface area contributed by atoms with Crippen LogP contribution in [0.2, 0.25) is 0 Å². The van der Waals surface area contributed by atoms with Crippen molar-refractivity contribution in [2.24, 2.45) is 10.8 Å². The van der Waals surface area contributed by atoms with Gasteiger partial charge >= 0.3 is 18.3 Å². The maximum atomic E-state index is 12.7. The molecule has 1 amide bonds. The van der Waals surface area contributed by atoms with Crippen LogP contribution in [-0.2, 0) is 21.9 Å². The fraction of sp³-hybridized carbons (Fsp3) is 0.692. The van der Waals surface area contributed by atoms with Crippen molar-refractivity contribution in [1.82, 2.24) is 4.90 Å². The molecule has 0 unspecified atom stereocenters. The van der Waals surface area contributed by atoms with E-state index in [0.29, 0.717) is 18.6 Å². The molecule has 0 aliphatic heterocycles. The quantitative estimate of drug-likeness (QED) is 0.204. The molecule has 0 heterocycles. The van der Waals surface area contributed by atoms with Crippen molar-refractivity contribution in [2.75, 3.05) is 0 Å².